The lowest BCUT2D eigenvalue weighted by molar-refractivity contribution is 0.0737. The molecule has 0 spiro atoms. The number of carbonyl (C=O) groups excluding carboxylic acids is 1. The fourth-order valence-corrected chi connectivity index (χ4v) is 3.06. The van der Waals surface area contributed by atoms with Gasteiger partial charge >= 0.3 is 0 Å². The molecule has 2 aromatic heterocycles. The predicted octanol–water partition coefficient (Wildman–Crippen LogP) is 3.72. The Balaban J connectivity index is 1.55. The number of nitrogens with zero attached hydrogens (tertiary/aromatic N) is 4. The van der Waals surface area contributed by atoms with E-state index in [2.05, 4.69) is 15.1 Å². The molecule has 1 N–H and O–H groups in total. The van der Waals surface area contributed by atoms with Crippen molar-refractivity contribution < 1.29 is 9.18 Å². The van der Waals surface area contributed by atoms with E-state index >= 15 is 0 Å². The van der Waals surface area contributed by atoms with Crippen LogP contribution in [0.4, 0.5) is 4.39 Å². The van der Waals surface area contributed by atoms with Crippen molar-refractivity contribution in [3.05, 3.63) is 78.3 Å². The van der Waals surface area contributed by atoms with Crippen LogP contribution in [0, 0.1) is 5.82 Å². The first-order valence-corrected chi connectivity index (χ1v) is 8.53. The van der Waals surface area contributed by atoms with Crippen molar-refractivity contribution in [2.45, 2.75) is 13.0 Å². The highest BCUT2D eigenvalue weighted by Crippen LogP contribution is 2.23. The van der Waals surface area contributed by atoms with E-state index in [0.29, 0.717) is 11.1 Å². The summed E-state index contributed by atoms with van der Waals surface area (Å²) >= 11 is 0. The van der Waals surface area contributed by atoms with Gasteiger partial charge in [0.05, 0.1) is 11.7 Å². The second kappa shape index (κ2) is 6.68. The van der Waals surface area contributed by atoms with Crippen molar-refractivity contribution in [3.8, 4) is 5.69 Å². The number of fused-ring (bicyclic) bond motifs is 1. The van der Waals surface area contributed by atoms with Crippen LogP contribution in [0.1, 0.15) is 29.0 Å². The van der Waals surface area contributed by atoms with Gasteiger partial charge in [-0.15, -0.1) is 0 Å². The third kappa shape index (κ3) is 3.19. The van der Waals surface area contributed by atoms with Crippen molar-refractivity contribution >= 4 is 16.8 Å². The summed E-state index contributed by atoms with van der Waals surface area (Å²) < 4.78 is 15.0. The molecule has 0 saturated carbocycles. The summed E-state index contributed by atoms with van der Waals surface area (Å²) in [5, 5.41) is 4.78. The third-order valence-corrected chi connectivity index (χ3v) is 4.77. The summed E-state index contributed by atoms with van der Waals surface area (Å²) in [6.07, 6.45) is 3.11. The Bertz CT molecular complexity index is 1090. The number of halogens is 1. The highest BCUT2D eigenvalue weighted by molar-refractivity contribution is 5.98. The van der Waals surface area contributed by atoms with Gasteiger partial charge in [-0.1, -0.05) is 12.1 Å². The minimum Gasteiger partial charge on any atom is -0.351 e. The Morgan fingerprint density at radius 1 is 1.19 bits per heavy atom. The Morgan fingerprint density at radius 3 is 2.67 bits per heavy atom. The Morgan fingerprint density at radius 2 is 1.96 bits per heavy atom. The van der Waals surface area contributed by atoms with Gasteiger partial charge in [0.1, 0.15) is 24.2 Å². The number of aromatic nitrogens is 4. The molecule has 7 heteroatoms. The second-order valence-electron chi connectivity index (χ2n) is 6.44. The highest BCUT2D eigenvalue weighted by Gasteiger charge is 2.20. The molecule has 27 heavy (non-hydrogen) atoms. The van der Waals surface area contributed by atoms with Crippen molar-refractivity contribution in [2.75, 3.05) is 7.05 Å². The number of H-pyrrole nitrogens is 1. The average Bonchev–Trinajstić information content (AvgIpc) is 3.36. The second-order valence-corrected chi connectivity index (χ2v) is 6.44. The maximum absolute atomic E-state index is 13.4. The number of carbonyl (C=O) groups is 1. The first-order valence-electron chi connectivity index (χ1n) is 8.53. The van der Waals surface area contributed by atoms with Crippen molar-refractivity contribution in [1.82, 2.24) is 24.6 Å². The summed E-state index contributed by atoms with van der Waals surface area (Å²) in [6, 6.07) is 13.8. The van der Waals surface area contributed by atoms with Crippen LogP contribution in [0.5, 0.6) is 0 Å². The summed E-state index contributed by atoms with van der Waals surface area (Å²) in [5.74, 6) is -0.478. The van der Waals surface area contributed by atoms with E-state index in [9.17, 15) is 9.18 Å². The molecule has 136 valence electrons. The van der Waals surface area contributed by atoms with E-state index < -0.39 is 0 Å². The molecule has 0 fully saturated rings. The molecule has 4 aromatic rings. The van der Waals surface area contributed by atoms with Gasteiger partial charge in [0.15, 0.2) is 0 Å². The van der Waals surface area contributed by atoms with Gasteiger partial charge in [-0.25, -0.2) is 14.1 Å². The van der Waals surface area contributed by atoms with Crippen LogP contribution >= 0.6 is 0 Å². The molecule has 1 atom stereocenters. The van der Waals surface area contributed by atoms with E-state index in [4.69, 9.17) is 0 Å². The maximum atomic E-state index is 13.4. The quantitative estimate of drug-likeness (QED) is 0.601. The SMILES string of the molecule is CC(c1ccc(-n2cncn2)cc1)N(C)C(=O)c1cc2cc(F)ccc2[nH]1. The smallest absolute Gasteiger partial charge is 0.270 e. The van der Waals surface area contributed by atoms with Crippen LogP contribution < -0.4 is 0 Å². The van der Waals surface area contributed by atoms with Crippen LogP contribution in [0.3, 0.4) is 0 Å². The molecule has 2 aromatic carbocycles. The summed E-state index contributed by atoms with van der Waals surface area (Å²) in [6.45, 7) is 1.96. The number of nitrogens with one attached hydrogen (secondary N) is 1. The lowest BCUT2D eigenvalue weighted by Gasteiger charge is -2.25. The van der Waals surface area contributed by atoms with Gasteiger partial charge in [-0.2, -0.15) is 5.10 Å². The van der Waals surface area contributed by atoms with Crippen molar-refractivity contribution in [2.24, 2.45) is 0 Å². The molecular formula is C20H18FN5O. The van der Waals surface area contributed by atoms with Gasteiger partial charge < -0.3 is 9.88 Å². The first-order chi connectivity index (χ1) is 13.0. The van der Waals surface area contributed by atoms with Crippen LogP contribution in [0.2, 0.25) is 0 Å². The van der Waals surface area contributed by atoms with Gasteiger partial charge in [0.25, 0.3) is 5.91 Å². The van der Waals surface area contributed by atoms with E-state index in [1.165, 1.54) is 18.5 Å². The fourth-order valence-electron chi connectivity index (χ4n) is 3.06. The highest BCUT2D eigenvalue weighted by atomic mass is 19.1. The molecule has 0 bridgehead atoms. The monoisotopic (exact) mass is 363 g/mol. The lowest BCUT2D eigenvalue weighted by atomic mass is 10.1. The number of amides is 1. The maximum Gasteiger partial charge on any atom is 0.270 e. The predicted molar refractivity (Wildman–Crippen MR) is 100 cm³/mol. The van der Waals surface area contributed by atoms with E-state index in [0.717, 1.165) is 16.8 Å². The molecule has 0 aliphatic carbocycles. The normalized spacial score (nSPS) is 12.3. The van der Waals surface area contributed by atoms with Crippen LogP contribution in [-0.2, 0) is 0 Å². The Labute approximate surface area is 155 Å². The number of aromatic amines is 1. The summed E-state index contributed by atoms with van der Waals surface area (Å²) in [5.41, 5.74) is 3.06. The molecule has 0 radical (unpaired) electrons. The Kier molecular flexibility index (Phi) is 4.19. The van der Waals surface area contributed by atoms with Crippen LogP contribution in [0.25, 0.3) is 16.6 Å². The van der Waals surface area contributed by atoms with Gasteiger partial charge in [-0.05, 0) is 48.9 Å². The molecule has 0 saturated heterocycles. The van der Waals surface area contributed by atoms with Gasteiger partial charge in [0, 0.05) is 18.0 Å². The number of hydrogen-bond donors (Lipinski definition) is 1. The molecular weight excluding hydrogens is 345 g/mol. The van der Waals surface area contributed by atoms with E-state index in [1.54, 1.807) is 35.1 Å². The third-order valence-electron chi connectivity index (χ3n) is 4.77. The molecule has 0 aliphatic rings. The molecule has 4 rings (SSSR count). The minimum absolute atomic E-state index is 0.134. The number of hydrogen-bond acceptors (Lipinski definition) is 3. The van der Waals surface area contributed by atoms with Gasteiger partial charge in [0.2, 0.25) is 0 Å². The van der Waals surface area contributed by atoms with Crippen molar-refractivity contribution in [3.63, 3.8) is 0 Å². The van der Waals surface area contributed by atoms with Crippen LogP contribution in [-0.4, -0.2) is 37.6 Å². The number of rotatable bonds is 4. The largest absolute Gasteiger partial charge is 0.351 e. The Hall–Kier alpha value is -3.48. The molecule has 6 nitrogen and oxygen atoms in total. The molecule has 1 amide bonds. The number of benzene rings is 2. The zero-order valence-electron chi connectivity index (χ0n) is 14.9. The standard InChI is InChI=1S/C20H18FN5O/c1-13(14-3-6-17(7-4-14)26-12-22-11-23-26)25(2)20(27)19-10-15-9-16(21)5-8-18(15)24-19/h3-13,24H,1-2H3. The van der Waals surface area contributed by atoms with E-state index in [1.807, 2.05) is 31.2 Å². The average molecular weight is 363 g/mol. The van der Waals surface area contributed by atoms with E-state index in [-0.39, 0.29) is 17.8 Å². The van der Waals surface area contributed by atoms with Gasteiger partial charge in [-0.3, -0.25) is 4.79 Å². The molecule has 1 unspecified atom stereocenters. The fraction of sp³-hybridized carbons (Fsp3) is 0.150. The molecule has 2 heterocycles. The zero-order valence-corrected chi connectivity index (χ0v) is 14.9. The minimum atomic E-state index is -0.324. The lowest BCUT2D eigenvalue weighted by Crippen LogP contribution is -2.29. The topological polar surface area (TPSA) is 66.8 Å². The molecule has 0 aliphatic heterocycles. The summed E-state index contributed by atoms with van der Waals surface area (Å²) in [4.78, 5) is 21.5. The zero-order chi connectivity index (χ0) is 19.0. The van der Waals surface area contributed by atoms with Crippen LogP contribution in [0.15, 0.2) is 61.2 Å². The summed E-state index contributed by atoms with van der Waals surface area (Å²) in [7, 11) is 1.75. The van der Waals surface area contributed by atoms with Crippen molar-refractivity contribution in [1.29, 1.82) is 0 Å². The first kappa shape index (κ1) is 17.0.